The summed E-state index contributed by atoms with van der Waals surface area (Å²) in [5, 5.41) is 18.6. The van der Waals surface area contributed by atoms with Crippen molar-refractivity contribution in [3.8, 4) is 0 Å². The third kappa shape index (κ3) is 2.25. The van der Waals surface area contributed by atoms with Crippen LogP contribution >= 0.6 is 0 Å². The van der Waals surface area contributed by atoms with Gasteiger partial charge in [0.25, 0.3) is 0 Å². The first-order valence-electron chi connectivity index (χ1n) is 5.66. The van der Waals surface area contributed by atoms with Crippen molar-refractivity contribution in [2.45, 2.75) is 31.8 Å². The first kappa shape index (κ1) is 11.1. The van der Waals surface area contributed by atoms with E-state index in [0.717, 1.165) is 18.4 Å². The van der Waals surface area contributed by atoms with Crippen LogP contribution in [-0.4, -0.2) is 16.2 Å². The second-order valence-electron chi connectivity index (χ2n) is 4.39. The Morgan fingerprint density at radius 2 is 2.12 bits per heavy atom. The molecule has 0 amide bonds. The molecule has 3 heteroatoms. The van der Waals surface area contributed by atoms with Crippen molar-refractivity contribution in [3.63, 3.8) is 0 Å². The molecular weight excluding hydrogens is 204 g/mol. The summed E-state index contributed by atoms with van der Waals surface area (Å²) in [4.78, 5) is 10.4. The summed E-state index contributed by atoms with van der Waals surface area (Å²) in [6, 6.07) is 7.90. The molecule has 1 aliphatic carbocycles. The standard InChI is InChI=1S/C13H16O3/c14-12(15)7-3-5-10-8-9-4-1-2-6-11(9)13(10)16/h1-2,4,6,10,13,16H,3,5,7-8H2,(H,14,15). The Hall–Kier alpha value is -1.35. The Bertz CT molecular complexity index is 387. The number of aliphatic carboxylic acids is 1. The van der Waals surface area contributed by atoms with Gasteiger partial charge >= 0.3 is 5.97 Å². The highest BCUT2D eigenvalue weighted by molar-refractivity contribution is 5.66. The maximum absolute atomic E-state index is 10.4. The van der Waals surface area contributed by atoms with Crippen LogP contribution in [0.5, 0.6) is 0 Å². The fourth-order valence-electron chi connectivity index (χ4n) is 2.43. The molecule has 3 nitrogen and oxygen atoms in total. The van der Waals surface area contributed by atoms with Crippen molar-refractivity contribution in [1.29, 1.82) is 0 Å². The third-order valence-corrected chi connectivity index (χ3v) is 3.27. The lowest BCUT2D eigenvalue weighted by Gasteiger charge is -2.13. The van der Waals surface area contributed by atoms with E-state index in [1.165, 1.54) is 5.56 Å². The second kappa shape index (κ2) is 4.66. The highest BCUT2D eigenvalue weighted by Crippen LogP contribution is 2.38. The van der Waals surface area contributed by atoms with Gasteiger partial charge in [0.1, 0.15) is 0 Å². The minimum Gasteiger partial charge on any atom is -0.481 e. The van der Waals surface area contributed by atoms with Crippen LogP contribution in [-0.2, 0) is 11.2 Å². The molecule has 0 radical (unpaired) electrons. The molecule has 0 aromatic heterocycles. The van der Waals surface area contributed by atoms with Crippen molar-refractivity contribution < 1.29 is 15.0 Å². The Balaban J connectivity index is 1.94. The predicted octanol–water partition coefficient (Wildman–Crippen LogP) is 2.15. The first-order chi connectivity index (χ1) is 7.68. The third-order valence-electron chi connectivity index (χ3n) is 3.27. The summed E-state index contributed by atoms with van der Waals surface area (Å²) >= 11 is 0. The molecule has 86 valence electrons. The van der Waals surface area contributed by atoms with Gasteiger partial charge in [0.15, 0.2) is 0 Å². The highest BCUT2D eigenvalue weighted by Gasteiger charge is 2.29. The van der Waals surface area contributed by atoms with Gasteiger partial charge in [-0.05, 0) is 36.3 Å². The summed E-state index contributed by atoms with van der Waals surface area (Å²) in [6.45, 7) is 0. The largest absolute Gasteiger partial charge is 0.481 e. The van der Waals surface area contributed by atoms with Crippen molar-refractivity contribution in [2.75, 3.05) is 0 Å². The molecule has 1 aromatic carbocycles. The average Bonchev–Trinajstić information content (AvgIpc) is 2.56. The van der Waals surface area contributed by atoms with E-state index in [0.29, 0.717) is 6.42 Å². The van der Waals surface area contributed by atoms with E-state index in [9.17, 15) is 9.90 Å². The number of carboxylic acids is 1. The van der Waals surface area contributed by atoms with Gasteiger partial charge in [0.05, 0.1) is 6.10 Å². The summed E-state index contributed by atoms with van der Waals surface area (Å²) in [5.41, 5.74) is 2.22. The van der Waals surface area contributed by atoms with Crippen LogP contribution in [0.4, 0.5) is 0 Å². The zero-order valence-corrected chi connectivity index (χ0v) is 9.10. The predicted molar refractivity (Wildman–Crippen MR) is 60.1 cm³/mol. The first-order valence-corrected chi connectivity index (χ1v) is 5.66. The van der Waals surface area contributed by atoms with E-state index in [1.54, 1.807) is 0 Å². The Labute approximate surface area is 94.7 Å². The zero-order chi connectivity index (χ0) is 11.5. The number of carbonyl (C=O) groups is 1. The van der Waals surface area contributed by atoms with Crippen molar-refractivity contribution in [1.82, 2.24) is 0 Å². The number of fused-ring (bicyclic) bond motifs is 1. The van der Waals surface area contributed by atoms with E-state index in [4.69, 9.17) is 5.11 Å². The molecule has 1 aliphatic rings. The van der Waals surface area contributed by atoms with Crippen molar-refractivity contribution in [2.24, 2.45) is 5.92 Å². The van der Waals surface area contributed by atoms with Crippen LogP contribution in [0.2, 0.25) is 0 Å². The normalized spacial score (nSPS) is 23.1. The number of aliphatic hydroxyl groups is 1. The molecule has 0 saturated carbocycles. The molecule has 0 bridgehead atoms. The quantitative estimate of drug-likeness (QED) is 0.817. The maximum Gasteiger partial charge on any atom is 0.303 e. The number of hydrogen-bond acceptors (Lipinski definition) is 2. The lowest BCUT2D eigenvalue weighted by Crippen LogP contribution is -2.08. The fourth-order valence-corrected chi connectivity index (χ4v) is 2.43. The Kier molecular flexibility index (Phi) is 3.25. The molecule has 2 N–H and O–H groups in total. The lowest BCUT2D eigenvalue weighted by atomic mass is 9.97. The monoisotopic (exact) mass is 220 g/mol. The number of hydrogen-bond donors (Lipinski definition) is 2. The molecule has 0 saturated heterocycles. The SMILES string of the molecule is O=C(O)CCCC1Cc2ccccc2C1O. The van der Waals surface area contributed by atoms with E-state index in [1.807, 2.05) is 24.3 Å². The van der Waals surface area contributed by atoms with Gasteiger partial charge in [0, 0.05) is 6.42 Å². The van der Waals surface area contributed by atoms with Crippen LogP contribution in [0.15, 0.2) is 24.3 Å². The number of aliphatic hydroxyl groups excluding tert-OH is 1. The van der Waals surface area contributed by atoms with Crippen LogP contribution in [0, 0.1) is 5.92 Å². The maximum atomic E-state index is 10.4. The average molecular weight is 220 g/mol. The van der Waals surface area contributed by atoms with E-state index < -0.39 is 12.1 Å². The Morgan fingerprint density at radius 3 is 2.81 bits per heavy atom. The smallest absolute Gasteiger partial charge is 0.303 e. The summed E-state index contributed by atoms with van der Waals surface area (Å²) in [7, 11) is 0. The fraction of sp³-hybridized carbons (Fsp3) is 0.462. The topological polar surface area (TPSA) is 57.5 Å². The van der Waals surface area contributed by atoms with Gasteiger partial charge in [-0.3, -0.25) is 4.79 Å². The highest BCUT2D eigenvalue weighted by atomic mass is 16.4. The van der Waals surface area contributed by atoms with Gasteiger partial charge in [-0.25, -0.2) is 0 Å². The molecule has 0 aliphatic heterocycles. The molecule has 16 heavy (non-hydrogen) atoms. The van der Waals surface area contributed by atoms with Gasteiger partial charge in [-0.2, -0.15) is 0 Å². The van der Waals surface area contributed by atoms with Gasteiger partial charge < -0.3 is 10.2 Å². The summed E-state index contributed by atoms with van der Waals surface area (Å²) < 4.78 is 0. The molecule has 2 rings (SSSR count). The molecule has 2 unspecified atom stereocenters. The Morgan fingerprint density at radius 1 is 1.38 bits per heavy atom. The minimum absolute atomic E-state index is 0.191. The van der Waals surface area contributed by atoms with E-state index >= 15 is 0 Å². The molecule has 0 spiro atoms. The summed E-state index contributed by atoms with van der Waals surface area (Å²) in [6.07, 6.45) is 2.08. The molecule has 0 heterocycles. The number of benzene rings is 1. The van der Waals surface area contributed by atoms with E-state index in [-0.39, 0.29) is 12.3 Å². The van der Waals surface area contributed by atoms with Crippen LogP contribution in [0.3, 0.4) is 0 Å². The van der Waals surface area contributed by atoms with Crippen LogP contribution in [0.1, 0.15) is 36.5 Å². The summed E-state index contributed by atoms with van der Waals surface area (Å²) in [5.74, 6) is -0.568. The minimum atomic E-state index is -0.759. The number of rotatable bonds is 4. The van der Waals surface area contributed by atoms with E-state index in [2.05, 4.69) is 0 Å². The molecule has 2 atom stereocenters. The van der Waals surface area contributed by atoms with Gasteiger partial charge in [0.2, 0.25) is 0 Å². The van der Waals surface area contributed by atoms with Gasteiger partial charge in [-0.1, -0.05) is 24.3 Å². The van der Waals surface area contributed by atoms with Crippen LogP contribution in [0.25, 0.3) is 0 Å². The zero-order valence-electron chi connectivity index (χ0n) is 9.10. The van der Waals surface area contributed by atoms with Crippen molar-refractivity contribution in [3.05, 3.63) is 35.4 Å². The van der Waals surface area contributed by atoms with Gasteiger partial charge in [-0.15, -0.1) is 0 Å². The number of carboxylic acid groups (broad SMARTS) is 1. The van der Waals surface area contributed by atoms with Crippen LogP contribution < -0.4 is 0 Å². The molecular formula is C13H16O3. The second-order valence-corrected chi connectivity index (χ2v) is 4.39. The molecule has 1 aromatic rings. The molecule has 0 fully saturated rings. The lowest BCUT2D eigenvalue weighted by molar-refractivity contribution is -0.137. The van der Waals surface area contributed by atoms with Crippen molar-refractivity contribution >= 4 is 5.97 Å².